The molecule has 17 heavy (non-hydrogen) atoms. The van der Waals surface area contributed by atoms with Crippen molar-refractivity contribution in [2.45, 2.75) is 4.90 Å². The second-order valence-electron chi connectivity index (χ2n) is 3.39. The van der Waals surface area contributed by atoms with Crippen molar-refractivity contribution < 1.29 is 22.7 Å². The van der Waals surface area contributed by atoms with E-state index in [1.165, 1.54) is 18.2 Å². The summed E-state index contributed by atoms with van der Waals surface area (Å²) in [6, 6.07) is 5.82. The Labute approximate surface area is 97.8 Å². The molecule has 7 heteroatoms. The number of esters is 1. The molecule has 1 aromatic carbocycles. The summed E-state index contributed by atoms with van der Waals surface area (Å²) < 4.78 is 28.8. The summed E-state index contributed by atoms with van der Waals surface area (Å²) in [7, 11) is -2.79. The Hall–Kier alpha value is -1.89. The van der Waals surface area contributed by atoms with Crippen LogP contribution < -0.4 is 0 Å². The summed E-state index contributed by atoms with van der Waals surface area (Å²) in [6.07, 6.45) is 0. The topological polar surface area (TPSA) is 80.8 Å². The predicted molar refractivity (Wildman–Crippen MR) is 56.7 cm³/mol. The van der Waals surface area contributed by atoms with Gasteiger partial charge in [0.25, 0.3) is 15.9 Å². The molecule has 0 N–H and O–H groups in total. The normalized spacial score (nSPS) is 16.8. The average molecular weight is 257 g/mol. The Morgan fingerprint density at radius 3 is 2.59 bits per heavy atom. The number of hydrogen-bond acceptors (Lipinski definition) is 5. The number of sulfonamides is 1. The van der Waals surface area contributed by atoms with Gasteiger partial charge < -0.3 is 4.74 Å². The van der Waals surface area contributed by atoms with Gasteiger partial charge in [-0.25, -0.2) is 12.7 Å². The molecule has 1 amide bonds. The van der Waals surface area contributed by atoms with E-state index in [2.05, 4.69) is 4.74 Å². The maximum absolute atomic E-state index is 11.9. The molecule has 0 atom stereocenters. The minimum atomic E-state index is -3.92. The minimum Gasteiger partial charge on any atom is -0.468 e. The number of carbonyl (C=O) groups is 2. The summed E-state index contributed by atoms with van der Waals surface area (Å²) >= 11 is 0. The molecular weight excluding hydrogens is 248 g/mol. The van der Waals surface area contributed by atoms with Gasteiger partial charge in [-0.05, 0) is 12.1 Å². The number of ether oxygens (including phenoxy) is 1. The van der Waals surface area contributed by atoms with Crippen LogP contribution in [0.3, 0.4) is 0 Å². The molecule has 0 bridgehead atoms. The Morgan fingerprint density at radius 1 is 1.35 bits per heavy atom. The maximum Gasteiger partial charge on any atom is 0.326 e. The highest BCUT2D eigenvalue weighted by Crippen LogP contribution is 2.29. The molecule has 0 aromatic heterocycles. The molecule has 1 aliphatic rings. The number of benzene rings is 1. The third-order valence-electron chi connectivity index (χ3n) is 2.41. The highest BCUT2D eigenvalue weighted by atomic mass is 32.2. The van der Waals surface area contributed by atoms with Crippen molar-refractivity contribution in [2.75, 3.05) is 13.7 Å². The predicted octanol–water partition coefficient (Wildman–Crippen LogP) is 0.00410. The zero-order valence-electron chi connectivity index (χ0n) is 8.91. The van der Waals surface area contributed by atoms with Crippen LogP contribution in [0.5, 0.6) is 0 Å². The third-order valence-corrected chi connectivity index (χ3v) is 4.20. The molecule has 0 saturated carbocycles. The van der Waals surface area contributed by atoms with Crippen molar-refractivity contribution in [1.82, 2.24) is 4.31 Å². The fraction of sp³-hybridized carbons (Fsp3) is 0.200. The molecule has 0 spiro atoms. The first kappa shape index (κ1) is 11.6. The first-order valence-corrected chi connectivity index (χ1v) is 6.15. The summed E-state index contributed by atoms with van der Waals surface area (Å²) in [6.45, 7) is -0.605. The van der Waals surface area contributed by atoms with E-state index in [0.717, 1.165) is 7.11 Å². The molecule has 0 unspecified atom stereocenters. The van der Waals surface area contributed by atoms with Gasteiger partial charge >= 0.3 is 5.97 Å². The van der Waals surface area contributed by atoms with Crippen molar-refractivity contribution in [3.05, 3.63) is 29.8 Å². The summed E-state index contributed by atoms with van der Waals surface area (Å²) in [4.78, 5) is 22.8. The van der Waals surface area contributed by atoms with Crippen molar-refractivity contribution in [3.8, 4) is 0 Å². The van der Waals surface area contributed by atoms with Crippen LogP contribution in [0.2, 0.25) is 0 Å². The molecule has 1 aromatic rings. The number of methoxy groups -OCH3 is 1. The lowest BCUT2D eigenvalue weighted by molar-refractivity contribution is -0.140. The number of hydrogen-bond donors (Lipinski definition) is 0. The first-order chi connectivity index (χ1) is 7.98. The Bertz CT molecular complexity index is 592. The fourth-order valence-electron chi connectivity index (χ4n) is 1.57. The summed E-state index contributed by atoms with van der Waals surface area (Å²) in [5.74, 6) is -1.49. The lowest BCUT2D eigenvalue weighted by Gasteiger charge is -2.12. The van der Waals surface area contributed by atoms with E-state index in [4.69, 9.17) is 0 Å². The van der Waals surface area contributed by atoms with Gasteiger partial charge in [0.15, 0.2) is 0 Å². The van der Waals surface area contributed by atoms with E-state index < -0.39 is 28.4 Å². The van der Waals surface area contributed by atoms with Crippen LogP contribution in [0.25, 0.3) is 0 Å². The van der Waals surface area contributed by atoms with E-state index in [-0.39, 0.29) is 10.5 Å². The molecule has 0 aliphatic carbocycles. The quantitative estimate of drug-likeness (QED) is 0.697. The van der Waals surface area contributed by atoms with Gasteiger partial charge in [0.2, 0.25) is 0 Å². The monoisotopic (exact) mass is 257 g/mol. The second kappa shape index (κ2) is 3.85. The van der Waals surface area contributed by atoms with Crippen LogP contribution in [-0.2, 0) is 19.6 Å². The molecule has 6 nitrogen and oxygen atoms in total. The maximum atomic E-state index is 11.9. The Kier molecular flexibility index (Phi) is 2.62. The van der Waals surface area contributed by atoms with Crippen LogP contribution in [0, 0.1) is 0 Å². The molecule has 1 heterocycles. The zero-order valence-corrected chi connectivity index (χ0v) is 9.73. The van der Waals surface area contributed by atoms with Crippen LogP contribution in [-0.4, -0.2) is 38.3 Å². The largest absolute Gasteiger partial charge is 0.468 e. The first-order valence-electron chi connectivity index (χ1n) is 4.71. The van der Waals surface area contributed by atoms with Crippen LogP contribution in [0.4, 0.5) is 0 Å². The summed E-state index contributed by atoms with van der Waals surface area (Å²) in [5, 5.41) is 0. The Morgan fingerprint density at radius 2 is 2.00 bits per heavy atom. The number of amides is 1. The van der Waals surface area contributed by atoms with Crippen molar-refractivity contribution in [3.63, 3.8) is 0 Å². The second-order valence-corrected chi connectivity index (χ2v) is 5.22. The van der Waals surface area contributed by atoms with E-state index in [1.807, 2.05) is 0 Å². The molecule has 1 aliphatic heterocycles. The molecular formula is C10H9NO5S. The SMILES string of the molecule is CO[14C](=O)CN1C(=O)c2ccccc2S1(=O)=O. The van der Waals surface area contributed by atoms with Gasteiger partial charge in [-0.2, -0.15) is 0 Å². The third kappa shape index (κ3) is 1.68. The number of carbonyl (C=O) groups excluding carboxylic acids is 2. The lowest BCUT2D eigenvalue weighted by Crippen LogP contribution is -2.35. The van der Waals surface area contributed by atoms with Gasteiger partial charge in [0, 0.05) is 0 Å². The summed E-state index contributed by atoms with van der Waals surface area (Å²) in [5.41, 5.74) is 0.0800. The molecule has 90 valence electrons. The smallest absolute Gasteiger partial charge is 0.326 e. The molecule has 0 saturated heterocycles. The van der Waals surface area contributed by atoms with Crippen molar-refractivity contribution in [1.29, 1.82) is 0 Å². The number of fused-ring (bicyclic) bond motifs is 1. The van der Waals surface area contributed by atoms with Crippen molar-refractivity contribution >= 4 is 21.9 Å². The standard InChI is InChI=1S/C10H9NO5S/c1-16-9(12)6-11-10(13)7-4-2-3-5-8(7)17(11,14)15/h2-5H,6H2,1H3/i9+2. The minimum absolute atomic E-state index is 0.0751. The van der Waals surface area contributed by atoms with E-state index in [0.29, 0.717) is 4.31 Å². The van der Waals surface area contributed by atoms with Gasteiger partial charge in [-0.15, -0.1) is 0 Å². The highest BCUT2D eigenvalue weighted by Gasteiger charge is 2.41. The van der Waals surface area contributed by atoms with Crippen LogP contribution in [0.15, 0.2) is 29.2 Å². The van der Waals surface area contributed by atoms with E-state index in [1.54, 1.807) is 6.07 Å². The van der Waals surface area contributed by atoms with Gasteiger partial charge in [-0.1, -0.05) is 12.1 Å². The Balaban J connectivity index is 2.48. The zero-order chi connectivity index (χ0) is 12.6. The molecule has 2 rings (SSSR count). The molecule has 0 fully saturated rings. The van der Waals surface area contributed by atoms with E-state index >= 15 is 0 Å². The van der Waals surface area contributed by atoms with Gasteiger partial charge in [-0.3, -0.25) is 9.59 Å². The van der Waals surface area contributed by atoms with E-state index in [9.17, 15) is 18.0 Å². The number of rotatable bonds is 2. The van der Waals surface area contributed by atoms with Gasteiger partial charge in [0.1, 0.15) is 11.4 Å². The van der Waals surface area contributed by atoms with Gasteiger partial charge in [0.05, 0.1) is 12.7 Å². The lowest BCUT2D eigenvalue weighted by atomic mass is 10.2. The fourth-order valence-corrected chi connectivity index (χ4v) is 3.08. The highest BCUT2D eigenvalue weighted by molar-refractivity contribution is 7.90. The number of nitrogens with zero attached hydrogens (tertiary/aromatic N) is 1. The van der Waals surface area contributed by atoms with Crippen LogP contribution >= 0.6 is 0 Å². The molecule has 0 radical (unpaired) electrons. The van der Waals surface area contributed by atoms with Crippen molar-refractivity contribution in [2.24, 2.45) is 0 Å². The van der Waals surface area contributed by atoms with Crippen LogP contribution in [0.1, 0.15) is 10.4 Å². The average Bonchev–Trinajstić information content (AvgIpc) is 2.51.